The summed E-state index contributed by atoms with van der Waals surface area (Å²) in [5.74, 6) is 1.53. The van der Waals surface area contributed by atoms with E-state index in [0.717, 1.165) is 20.5 Å². The van der Waals surface area contributed by atoms with Crippen LogP contribution in [0.1, 0.15) is 47.8 Å². The second kappa shape index (κ2) is 10.0. The molecule has 1 saturated heterocycles. The minimum absolute atomic E-state index is 0.0341. The number of alkyl halides is 3. The number of likely N-dealkylation sites (tertiary alicyclic amines) is 1. The smallest absolute Gasteiger partial charge is 0.390 e. The Kier molecular flexibility index (Phi) is 7.55. The number of aromatic nitrogens is 2. The van der Waals surface area contributed by atoms with E-state index in [4.69, 9.17) is 11.2 Å². The number of rotatable bonds is 6. The van der Waals surface area contributed by atoms with Crippen LogP contribution >= 0.6 is 11.3 Å². The SMILES string of the molecule is C#CCCn1c(=O)c2c(C)c(C(=O)N3CCC(OC(C)=O)CC3)sc2n(CCC(F)(F)F)c1=O. The average molecular weight is 500 g/mol. The number of carbonyl (C=O) groups excluding carboxylic acids is 2. The number of nitrogens with zero attached hydrogens (tertiary/aromatic N) is 3. The van der Waals surface area contributed by atoms with E-state index in [1.807, 2.05) is 0 Å². The molecule has 0 radical (unpaired) electrons. The molecule has 3 rings (SSSR count). The van der Waals surface area contributed by atoms with Crippen LogP contribution in [0.25, 0.3) is 10.2 Å². The molecular weight excluding hydrogens is 475 g/mol. The molecule has 1 amide bonds. The van der Waals surface area contributed by atoms with Crippen molar-refractivity contribution in [2.45, 2.75) is 64.9 Å². The molecular formula is C22H24F3N3O5S. The zero-order valence-corrected chi connectivity index (χ0v) is 19.6. The number of hydrogen-bond donors (Lipinski definition) is 0. The van der Waals surface area contributed by atoms with E-state index in [9.17, 15) is 32.3 Å². The Labute approximate surface area is 196 Å². The zero-order valence-electron chi connectivity index (χ0n) is 18.7. The van der Waals surface area contributed by atoms with E-state index in [1.165, 1.54) is 6.92 Å². The fourth-order valence-electron chi connectivity index (χ4n) is 3.96. The summed E-state index contributed by atoms with van der Waals surface area (Å²) in [4.78, 5) is 52.1. The highest BCUT2D eigenvalue weighted by molar-refractivity contribution is 7.20. The van der Waals surface area contributed by atoms with Gasteiger partial charge in [0.15, 0.2) is 0 Å². The maximum atomic E-state index is 13.2. The third-order valence-corrected chi connectivity index (χ3v) is 6.95. The maximum absolute atomic E-state index is 13.2. The highest BCUT2D eigenvalue weighted by Gasteiger charge is 2.31. The maximum Gasteiger partial charge on any atom is 0.390 e. The van der Waals surface area contributed by atoms with Gasteiger partial charge in [0.1, 0.15) is 10.9 Å². The largest absolute Gasteiger partial charge is 0.462 e. The van der Waals surface area contributed by atoms with Gasteiger partial charge in [-0.2, -0.15) is 13.2 Å². The quantitative estimate of drug-likeness (QED) is 0.450. The summed E-state index contributed by atoms with van der Waals surface area (Å²) in [6, 6.07) is 0. The van der Waals surface area contributed by atoms with Gasteiger partial charge in [0, 0.05) is 52.4 Å². The van der Waals surface area contributed by atoms with E-state index >= 15 is 0 Å². The van der Waals surface area contributed by atoms with Crippen molar-refractivity contribution in [3.63, 3.8) is 0 Å². The van der Waals surface area contributed by atoms with Crippen LogP contribution in [0.2, 0.25) is 0 Å². The van der Waals surface area contributed by atoms with E-state index in [0.29, 0.717) is 31.5 Å². The van der Waals surface area contributed by atoms with Crippen LogP contribution in [0.3, 0.4) is 0 Å². The molecule has 0 saturated carbocycles. The third kappa shape index (κ3) is 5.35. The van der Waals surface area contributed by atoms with E-state index in [1.54, 1.807) is 11.8 Å². The molecule has 0 spiro atoms. The Bertz CT molecular complexity index is 1260. The molecule has 2 aromatic heterocycles. The third-order valence-electron chi connectivity index (χ3n) is 5.65. The summed E-state index contributed by atoms with van der Waals surface area (Å²) >= 11 is 0.841. The normalized spacial score (nSPS) is 14.9. The fourth-order valence-corrected chi connectivity index (χ4v) is 5.25. The van der Waals surface area contributed by atoms with Crippen molar-refractivity contribution in [1.29, 1.82) is 0 Å². The number of aryl methyl sites for hydroxylation is 2. The molecule has 34 heavy (non-hydrogen) atoms. The summed E-state index contributed by atoms with van der Waals surface area (Å²) in [5.41, 5.74) is -1.26. The van der Waals surface area contributed by atoms with Gasteiger partial charge in [-0.15, -0.1) is 23.7 Å². The van der Waals surface area contributed by atoms with Gasteiger partial charge in [-0.05, 0) is 12.5 Å². The molecule has 2 aromatic rings. The molecule has 0 aromatic carbocycles. The van der Waals surface area contributed by atoms with Crippen LogP contribution in [-0.4, -0.2) is 51.3 Å². The Morgan fingerprint density at radius 1 is 1.18 bits per heavy atom. The molecule has 3 heterocycles. The lowest BCUT2D eigenvalue weighted by Gasteiger charge is -2.31. The van der Waals surface area contributed by atoms with Crippen LogP contribution in [-0.2, 0) is 22.6 Å². The van der Waals surface area contributed by atoms with Crippen molar-refractivity contribution in [3.8, 4) is 12.3 Å². The fraction of sp³-hybridized carbons (Fsp3) is 0.545. The summed E-state index contributed by atoms with van der Waals surface area (Å²) in [7, 11) is 0. The standard InChI is InChI=1S/C22H24F3N3O5S/c1-4-5-9-27-18(30)16-13(2)17(19(31)26-10-6-15(7-11-26)33-14(3)29)34-20(16)28(21(27)32)12-8-22(23,24)25/h1,15H,5-12H2,2-3H3. The molecule has 0 atom stereocenters. The number of halogens is 3. The summed E-state index contributed by atoms with van der Waals surface area (Å²) in [5, 5.41) is 0.0435. The molecule has 1 aliphatic rings. The van der Waals surface area contributed by atoms with Gasteiger partial charge in [0.05, 0.1) is 16.7 Å². The Morgan fingerprint density at radius 3 is 2.38 bits per heavy atom. The van der Waals surface area contributed by atoms with Crippen LogP contribution < -0.4 is 11.2 Å². The molecule has 1 aliphatic heterocycles. The lowest BCUT2D eigenvalue weighted by molar-refractivity contribution is -0.148. The first-order valence-corrected chi connectivity index (χ1v) is 11.5. The number of ether oxygens (including phenoxy) is 1. The first kappa shape index (κ1) is 25.6. The zero-order chi connectivity index (χ0) is 25.2. The Hall–Kier alpha value is -3.07. The molecule has 12 heteroatoms. The number of fused-ring (bicyclic) bond motifs is 1. The number of esters is 1. The van der Waals surface area contributed by atoms with Gasteiger partial charge in [0.25, 0.3) is 11.5 Å². The van der Waals surface area contributed by atoms with Crippen LogP contribution in [0.5, 0.6) is 0 Å². The Balaban J connectivity index is 2.04. The van der Waals surface area contributed by atoms with Crippen molar-refractivity contribution in [3.05, 3.63) is 31.3 Å². The number of thiophene rings is 1. The molecule has 1 fully saturated rings. The van der Waals surface area contributed by atoms with Gasteiger partial charge >= 0.3 is 17.8 Å². The summed E-state index contributed by atoms with van der Waals surface area (Å²) in [6.45, 7) is 2.67. The lowest BCUT2D eigenvalue weighted by Crippen LogP contribution is -2.41. The van der Waals surface area contributed by atoms with Gasteiger partial charge in [-0.1, -0.05) is 0 Å². The van der Waals surface area contributed by atoms with E-state index in [2.05, 4.69) is 5.92 Å². The van der Waals surface area contributed by atoms with Crippen LogP contribution in [0, 0.1) is 19.3 Å². The second-order valence-corrected chi connectivity index (χ2v) is 9.05. The molecule has 0 bridgehead atoms. The Morgan fingerprint density at radius 2 is 1.82 bits per heavy atom. The van der Waals surface area contributed by atoms with Gasteiger partial charge in [0.2, 0.25) is 0 Å². The molecule has 184 valence electrons. The molecule has 0 aliphatic carbocycles. The summed E-state index contributed by atoms with van der Waals surface area (Å²) in [6.07, 6.45) is 0.116. The first-order chi connectivity index (χ1) is 15.9. The van der Waals surface area contributed by atoms with Crippen molar-refractivity contribution in [2.75, 3.05) is 13.1 Å². The van der Waals surface area contributed by atoms with Crippen molar-refractivity contribution in [1.82, 2.24) is 14.0 Å². The number of amides is 1. The highest BCUT2D eigenvalue weighted by Crippen LogP contribution is 2.31. The molecule has 8 nitrogen and oxygen atoms in total. The van der Waals surface area contributed by atoms with Gasteiger partial charge in [-0.25, -0.2) is 4.79 Å². The predicted octanol–water partition coefficient (Wildman–Crippen LogP) is 2.68. The van der Waals surface area contributed by atoms with Crippen molar-refractivity contribution >= 4 is 33.4 Å². The van der Waals surface area contributed by atoms with Crippen LogP contribution in [0.15, 0.2) is 9.59 Å². The van der Waals surface area contributed by atoms with E-state index in [-0.39, 0.29) is 40.1 Å². The second-order valence-electron chi connectivity index (χ2n) is 8.05. The number of hydrogen-bond acceptors (Lipinski definition) is 6. The summed E-state index contributed by atoms with van der Waals surface area (Å²) < 4.78 is 45.7. The van der Waals surface area contributed by atoms with Crippen LogP contribution in [0.4, 0.5) is 13.2 Å². The van der Waals surface area contributed by atoms with E-state index < -0.39 is 36.4 Å². The van der Waals surface area contributed by atoms with Crippen molar-refractivity contribution in [2.24, 2.45) is 0 Å². The lowest BCUT2D eigenvalue weighted by atomic mass is 10.1. The minimum Gasteiger partial charge on any atom is -0.462 e. The van der Waals surface area contributed by atoms with Gasteiger partial charge in [-0.3, -0.25) is 23.5 Å². The number of terminal acetylenes is 1. The van der Waals surface area contributed by atoms with Crippen molar-refractivity contribution < 1.29 is 27.5 Å². The van der Waals surface area contributed by atoms with Gasteiger partial charge < -0.3 is 9.64 Å². The molecule has 0 unspecified atom stereocenters. The number of carbonyl (C=O) groups is 2. The molecule has 0 N–H and O–H groups in total. The number of piperidine rings is 1. The monoisotopic (exact) mass is 499 g/mol. The first-order valence-electron chi connectivity index (χ1n) is 10.7. The highest BCUT2D eigenvalue weighted by atomic mass is 32.1. The minimum atomic E-state index is -4.51. The predicted molar refractivity (Wildman–Crippen MR) is 120 cm³/mol. The average Bonchev–Trinajstić information content (AvgIpc) is 3.09. The topological polar surface area (TPSA) is 90.6 Å².